The molecule has 1 amide bonds. The number of rotatable bonds is 6. The quantitative estimate of drug-likeness (QED) is 0.827. The summed E-state index contributed by atoms with van der Waals surface area (Å²) in [6.45, 7) is 3.99. The lowest BCUT2D eigenvalue weighted by Gasteiger charge is -2.18. The van der Waals surface area contributed by atoms with Gasteiger partial charge >= 0.3 is 0 Å². The lowest BCUT2D eigenvalue weighted by atomic mass is 10.0. The lowest BCUT2D eigenvalue weighted by Crippen LogP contribution is -2.42. The molecule has 0 aromatic heterocycles. The number of hydrogen-bond acceptors (Lipinski definition) is 4. The number of ether oxygens (including phenoxy) is 1. The van der Waals surface area contributed by atoms with Gasteiger partial charge in [0.15, 0.2) is 0 Å². The zero-order valence-electron chi connectivity index (χ0n) is 12.1. The van der Waals surface area contributed by atoms with E-state index in [-0.39, 0.29) is 5.91 Å². The monoisotopic (exact) mass is 275 g/mol. The molecule has 1 aromatic rings. The molecule has 1 unspecified atom stereocenters. The molecule has 0 bridgehead atoms. The Labute approximate surface area is 119 Å². The molecule has 20 heavy (non-hydrogen) atoms. The van der Waals surface area contributed by atoms with Gasteiger partial charge in [-0.1, -0.05) is 32.0 Å². The average Bonchev–Trinajstić information content (AvgIpc) is 2.43. The minimum absolute atomic E-state index is 0.322. The summed E-state index contributed by atoms with van der Waals surface area (Å²) in [7, 11) is 1.53. The van der Waals surface area contributed by atoms with Crippen molar-refractivity contribution in [2.24, 2.45) is 11.7 Å². The minimum atomic E-state index is -0.767. The molecular formula is C15H21N3O2. The third-order valence-electron chi connectivity index (χ3n) is 2.93. The summed E-state index contributed by atoms with van der Waals surface area (Å²) in [4.78, 5) is 12.0. The summed E-state index contributed by atoms with van der Waals surface area (Å²) in [6, 6.07) is 7.79. The van der Waals surface area contributed by atoms with Crippen molar-refractivity contribution >= 4 is 5.91 Å². The van der Waals surface area contributed by atoms with E-state index in [9.17, 15) is 10.1 Å². The Morgan fingerprint density at radius 2 is 2.10 bits per heavy atom. The molecule has 5 heteroatoms. The number of carbonyl (C=O) groups is 1. The van der Waals surface area contributed by atoms with Crippen molar-refractivity contribution in [3.05, 3.63) is 29.8 Å². The maximum absolute atomic E-state index is 12.0. The predicted molar refractivity (Wildman–Crippen MR) is 76.9 cm³/mol. The Morgan fingerprint density at radius 3 is 2.65 bits per heavy atom. The van der Waals surface area contributed by atoms with Crippen LogP contribution in [-0.2, 0) is 4.79 Å². The summed E-state index contributed by atoms with van der Waals surface area (Å²) in [6.07, 6.45) is 0.579. The van der Waals surface area contributed by atoms with Crippen LogP contribution < -0.4 is 15.8 Å². The van der Waals surface area contributed by atoms with E-state index in [0.717, 1.165) is 0 Å². The van der Waals surface area contributed by atoms with Crippen LogP contribution in [0, 0.1) is 17.2 Å². The SMILES string of the molecule is COc1ccccc1C(C#N)NC(=O)[C@@H](N)CC(C)C. The Morgan fingerprint density at radius 1 is 1.45 bits per heavy atom. The second-order valence-corrected chi connectivity index (χ2v) is 5.05. The van der Waals surface area contributed by atoms with Crippen molar-refractivity contribution in [1.82, 2.24) is 5.32 Å². The Bertz CT molecular complexity index is 494. The van der Waals surface area contributed by atoms with Crippen LogP contribution in [0.1, 0.15) is 31.9 Å². The van der Waals surface area contributed by atoms with Crippen LogP contribution in [0.3, 0.4) is 0 Å². The Balaban J connectivity index is 2.82. The van der Waals surface area contributed by atoms with Gasteiger partial charge in [-0.3, -0.25) is 4.79 Å². The molecule has 0 aliphatic rings. The van der Waals surface area contributed by atoms with Gasteiger partial charge in [0.25, 0.3) is 0 Å². The number of nitriles is 1. The zero-order valence-corrected chi connectivity index (χ0v) is 12.1. The molecule has 3 N–H and O–H groups in total. The van der Waals surface area contributed by atoms with Gasteiger partial charge in [-0.05, 0) is 18.4 Å². The predicted octanol–water partition coefficient (Wildman–Crippen LogP) is 1.75. The summed E-state index contributed by atoms with van der Waals surface area (Å²) in [5.41, 5.74) is 6.44. The first-order chi connectivity index (χ1) is 9.49. The molecule has 0 heterocycles. The van der Waals surface area contributed by atoms with E-state index in [4.69, 9.17) is 10.5 Å². The molecular weight excluding hydrogens is 254 g/mol. The van der Waals surface area contributed by atoms with Crippen molar-refractivity contribution in [3.63, 3.8) is 0 Å². The number of para-hydroxylation sites is 1. The van der Waals surface area contributed by atoms with E-state index in [0.29, 0.717) is 23.7 Å². The maximum atomic E-state index is 12.0. The number of methoxy groups -OCH3 is 1. The third kappa shape index (κ3) is 4.25. The van der Waals surface area contributed by atoms with E-state index in [2.05, 4.69) is 11.4 Å². The minimum Gasteiger partial charge on any atom is -0.496 e. The lowest BCUT2D eigenvalue weighted by molar-refractivity contribution is -0.123. The van der Waals surface area contributed by atoms with Crippen LogP contribution in [0.4, 0.5) is 0 Å². The first-order valence-electron chi connectivity index (χ1n) is 6.58. The molecule has 2 atom stereocenters. The second kappa shape index (κ2) is 7.51. The van der Waals surface area contributed by atoms with Crippen LogP contribution in [-0.4, -0.2) is 19.1 Å². The third-order valence-corrected chi connectivity index (χ3v) is 2.93. The molecule has 0 fully saturated rings. The molecule has 0 radical (unpaired) electrons. The van der Waals surface area contributed by atoms with Gasteiger partial charge in [0.1, 0.15) is 11.8 Å². The number of carbonyl (C=O) groups excluding carboxylic acids is 1. The van der Waals surface area contributed by atoms with Crippen LogP contribution in [0.15, 0.2) is 24.3 Å². The Hall–Kier alpha value is -2.06. The number of nitrogens with one attached hydrogen (secondary N) is 1. The largest absolute Gasteiger partial charge is 0.496 e. The molecule has 1 aromatic carbocycles. The maximum Gasteiger partial charge on any atom is 0.238 e. The first kappa shape index (κ1) is 16.0. The summed E-state index contributed by atoms with van der Waals surface area (Å²) in [5.74, 6) is 0.565. The average molecular weight is 275 g/mol. The smallest absolute Gasteiger partial charge is 0.238 e. The number of amides is 1. The van der Waals surface area contributed by atoms with E-state index in [1.807, 2.05) is 19.9 Å². The topological polar surface area (TPSA) is 88.1 Å². The van der Waals surface area contributed by atoms with Gasteiger partial charge in [-0.15, -0.1) is 0 Å². The van der Waals surface area contributed by atoms with Gasteiger partial charge in [0.2, 0.25) is 5.91 Å². The summed E-state index contributed by atoms with van der Waals surface area (Å²) < 4.78 is 5.20. The molecule has 0 aliphatic carbocycles. The molecule has 0 spiro atoms. The van der Waals surface area contributed by atoms with Crippen molar-refractivity contribution in [2.75, 3.05) is 7.11 Å². The zero-order chi connectivity index (χ0) is 15.1. The van der Waals surface area contributed by atoms with E-state index < -0.39 is 12.1 Å². The van der Waals surface area contributed by atoms with E-state index in [1.165, 1.54) is 7.11 Å². The Kier molecular flexibility index (Phi) is 6.01. The van der Waals surface area contributed by atoms with Gasteiger partial charge in [-0.2, -0.15) is 5.26 Å². The van der Waals surface area contributed by atoms with E-state index >= 15 is 0 Å². The normalized spacial score (nSPS) is 13.4. The number of nitrogens with zero attached hydrogens (tertiary/aromatic N) is 1. The number of nitrogens with two attached hydrogens (primary N) is 1. The highest BCUT2D eigenvalue weighted by Gasteiger charge is 2.21. The van der Waals surface area contributed by atoms with Crippen molar-refractivity contribution < 1.29 is 9.53 Å². The fourth-order valence-corrected chi connectivity index (χ4v) is 1.95. The molecule has 5 nitrogen and oxygen atoms in total. The van der Waals surface area contributed by atoms with Gasteiger partial charge in [0, 0.05) is 5.56 Å². The molecule has 0 aliphatic heterocycles. The summed E-state index contributed by atoms with van der Waals surface area (Å²) in [5, 5.41) is 11.9. The fourth-order valence-electron chi connectivity index (χ4n) is 1.95. The standard InChI is InChI=1S/C15H21N3O2/c1-10(2)8-12(17)15(19)18-13(9-16)11-6-4-5-7-14(11)20-3/h4-7,10,12-13H,8,17H2,1-3H3,(H,18,19)/t12-,13?/m0/s1. The van der Waals surface area contributed by atoms with Crippen LogP contribution in [0.5, 0.6) is 5.75 Å². The second-order valence-electron chi connectivity index (χ2n) is 5.05. The van der Waals surface area contributed by atoms with Crippen molar-refractivity contribution in [3.8, 4) is 11.8 Å². The van der Waals surface area contributed by atoms with Crippen molar-refractivity contribution in [1.29, 1.82) is 5.26 Å². The van der Waals surface area contributed by atoms with Crippen LogP contribution in [0.2, 0.25) is 0 Å². The fraction of sp³-hybridized carbons (Fsp3) is 0.467. The molecule has 0 saturated heterocycles. The molecule has 108 valence electrons. The van der Waals surface area contributed by atoms with E-state index in [1.54, 1.807) is 18.2 Å². The van der Waals surface area contributed by atoms with Crippen molar-refractivity contribution in [2.45, 2.75) is 32.4 Å². The van der Waals surface area contributed by atoms with Gasteiger partial charge in [0.05, 0.1) is 19.2 Å². The number of hydrogen-bond donors (Lipinski definition) is 2. The summed E-state index contributed by atoms with van der Waals surface area (Å²) >= 11 is 0. The first-order valence-corrected chi connectivity index (χ1v) is 6.58. The highest BCUT2D eigenvalue weighted by molar-refractivity contribution is 5.82. The highest BCUT2D eigenvalue weighted by atomic mass is 16.5. The number of benzene rings is 1. The highest BCUT2D eigenvalue weighted by Crippen LogP contribution is 2.24. The molecule has 0 saturated carbocycles. The van der Waals surface area contributed by atoms with Gasteiger partial charge in [-0.25, -0.2) is 0 Å². The van der Waals surface area contributed by atoms with Crippen LogP contribution >= 0.6 is 0 Å². The molecule has 1 rings (SSSR count). The van der Waals surface area contributed by atoms with Crippen LogP contribution in [0.25, 0.3) is 0 Å². The van der Waals surface area contributed by atoms with Gasteiger partial charge < -0.3 is 15.8 Å².